The maximum absolute atomic E-state index is 5.87. The molecule has 5 N–H and O–H groups in total. The lowest BCUT2D eigenvalue weighted by Crippen LogP contribution is -2.01. The fourth-order valence-electron chi connectivity index (χ4n) is 1.94. The van der Waals surface area contributed by atoms with Crippen molar-refractivity contribution in [2.45, 2.75) is 0 Å². The number of fused-ring (bicyclic) bond motifs is 1. The van der Waals surface area contributed by atoms with Crippen LogP contribution in [-0.2, 0) is 0 Å². The second kappa shape index (κ2) is 3.48. The highest BCUT2D eigenvalue weighted by molar-refractivity contribution is 5.97. The van der Waals surface area contributed by atoms with Crippen LogP contribution in [-0.4, -0.2) is 15.0 Å². The fourth-order valence-corrected chi connectivity index (χ4v) is 1.94. The molecule has 0 bridgehead atoms. The van der Waals surface area contributed by atoms with Gasteiger partial charge in [0.1, 0.15) is 5.82 Å². The number of H-pyrrole nitrogens is 1. The first-order chi connectivity index (χ1) is 8.25. The van der Waals surface area contributed by atoms with Gasteiger partial charge in [-0.1, -0.05) is 12.1 Å². The van der Waals surface area contributed by atoms with Crippen LogP contribution in [0.5, 0.6) is 0 Å². The van der Waals surface area contributed by atoms with Gasteiger partial charge >= 0.3 is 0 Å². The van der Waals surface area contributed by atoms with Crippen molar-refractivity contribution in [2.75, 3.05) is 11.5 Å². The van der Waals surface area contributed by atoms with Crippen molar-refractivity contribution in [2.24, 2.45) is 0 Å². The molecule has 5 nitrogen and oxygen atoms in total. The molecular formula is C12H11N5. The summed E-state index contributed by atoms with van der Waals surface area (Å²) in [7, 11) is 0. The fraction of sp³-hybridized carbons (Fsp3) is 0. The molecule has 5 heteroatoms. The van der Waals surface area contributed by atoms with Crippen molar-refractivity contribution in [3.8, 4) is 11.1 Å². The lowest BCUT2D eigenvalue weighted by molar-refractivity contribution is 1.20. The molecule has 3 aromatic rings. The Balaban J connectivity index is 2.30. The number of benzene rings is 1. The molecule has 1 aromatic carbocycles. The Bertz CT molecular complexity index is 686. The topological polar surface area (TPSA) is 93.6 Å². The van der Waals surface area contributed by atoms with E-state index in [0.717, 1.165) is 22.0 Å². The van der Waals surface area contributed by atoms with Gasteiger partial charge in [-0.25, -0.2) is 4.98 Å². The standard InChI is InChI=1S/C12H11N5/c13-11-9(6-16-12(14)17-11)7-2-1-3-10-8(7)4-5-15-10/h1-6,15H,(H4,13,14,16,17). The predicted octanol–water partition coefficient (Wildman–Crippen LogP) is 1.79. The minimum Gasteiger partial charge on any atom is -0.383 e. The summed E-state index contributed by atoms with van der Waals surface area (Å²) < 4.78 is 0. The number of hydrogen-bond donors (Lipinski definition) is 3. The Morgan fingerprint density at radius 3 is 2.76 bits per heavy atom. The number of aromatic nitrogens is 3. The van der Waals surface area contributed by atoms with Gasteiger partial charge < -0.3 is 16.5 Å². The third-order valence-corrected chi connectivity index (χ3v) is 2.72. The van der Waals surface area contributed by atoms with E-state index in [0.29, 0.717) is 5.82 Å². The summed E-state index contributed by atoms with van der Waals surface area (Å²) in [6, 6.07) is 7.96. The van der Waals surface area contributed by atoms with Crippen LogP contribution in [0.2, 0.25) is 0 Å². The molecule has 0 aliphatic heterocycles. The Morgan fingerprint density at radius 1 is 1.06 bits per heavy atom. The average molecular weight is 225 g/mol. The van der Waals surface area contributed by atoms with Crippen LogP contribution in [0.3, 0.4) is 0 Å². The van der Waals surface area contributed by atoms with E-state index in [-0.39, 0.29) is 5.95 Å². The van der Waals surface area contributed by atoms with Gasteiger partial charge in [-0.05, 0) is 17.7 Å². The number of rotatable bonds is 1. The normalized spacial score (nSPS) is 10.8. The molecule has 3 rings (SSSR count). The zero-order valence-electron chi connectivity index (χ0n) is 9.01. The largest absolute Gasteiger partial charge is 0.383 e. The zero-order chi connectivity index (χ0) is 11.8. The van der Waals surface area contributed by atoms with E-state index in [4.69, 9.17) is 11.5 Å². The minimum absolute atomic E-state index is 0.187. The van der Waals surface area contributed by atoms with Crippen LogP contribution in [0, 0.1) is 0 Å². The third kappa shape index (κ3) is 1.48. The number of aromatic amines is 1. The molecule has 0 atom stereocenters. The van der Waals surface area contributed by atoms with Crippen molar-refractivity contribution in [3.63, 3.8) is 0 Å². The molecule has 17 heavy (non-hydrogen) atoms. The molecule has 2 aromatic heterocycles. The summed E-state index contributed by atoms with van der Waals surface area (Å²) in [6.45, 7) is 0. The minimum atomic E-state index is 0.187. The molecule has 0 aliphatic rings. The second-order valence-electron chi connectivity index (χ2n) is 3.77. The van der Waals surface area contributed by atoms with Gasteiger partial charge in [0.05, 0.1) is 0 Å². The smallest absolute Gasteiger partial charge is 0.221 e. The third-order valence-electron chi connectivity index (χ3n) is 2.72. The summed E-state index contributed by atoms with van der Waals surface area (Å²) in [5.41, 5.74) is 14.2. The van der Waals surface area contributed by atoms with Gasteiger partial charge in [0, 0.05) is 28.9 Å². The quantitative estimate of drug-likeness (QED) is 0.588. The number of hydrogen-bond acceptors (Lipinski definition) is 4. The highest BCUT2D eigenvalue weighted by Gasteiger charge is 2.09. The Hall–Kier alpha value is -2.56. The van der Waals surface area contributed by atoms with Crippen molar-refractivity contribution < 1.29 is 0 Å². The highest BCUT2D eigenvalue weighted by atomic mass is 15.0. The molecule has 0 saturated heterocycles. The first kappa shape index (κ1) is 9.65. The summed E-state index contributed by atoms with van der Waals surface area (Å²) in [5, 5.41) is 1.09. The number of nitrogens with zero attached hydrogens (tertiary/aromatic N) is 2. The molecule has 0 amide bonds. The van der Waals surface area contributed by atoms with Crippen LogP contribution in [0.4, 0.5) is 11.8 Å². The Labute approximate surface area is 97.5 Å². The average Bonchev–Trinajstić information content (AvgIpc) is 2.77. The monoisotopic (exact) mass is 225 g/mol. The molecular weight excluding hydrogens is 214 g/mol. The summed E-state index contributed by atoms with van der Waals surface area (Å²) >= 11 is 0. The number of anilines is 2. The van der Waals surface area contributed by atoms with Crippen LogP contribution < -0.4 is 11.5 Å². The van der Waals surface area contributed by atoms with Gasteiger partial charge in [-0.15, -0.1) is 0 Å². The van der Waals surface area contributed by atoms with E-state index in [9.17, 15) is 0 Å². The molecule has 0 spiro atoms. The van der Waals surface area contributed by atoms with Gasteiger partial charge in [-0.3, -0.25) is 0 Å². The molecule has 2 heterocycles. The van der Waals surface area contributed by atoms with Crippen LogP contribution in [0.15, 0.2) is 36.7 Å². The van der Waals surface area contributed by atoms with E-state index in [1.54, 1.807) is 6.20 Å². The van der Waals surface area contributed by atoms with Crippen molar-refractivity contribution in [3.05, 3.63) is 36.7 Å². The summed E-state index contributed by atoms with van der Waals surface area (Å²) in [5.74, 6) is 0.582. The van der Waals surface area contributed by atoms with Crippen LogP contribution in [0.25, 0.3) is 22.0 Å². The van der Waals surface area contributed by atoms with Crippen LogP contribution >= 0.6 is 0 Å². The lowest BCUT2D eigenvalue weighted by atomic mass is 10.0. The van der Waals surface area contributed by atoms with E-state index >= 15 is 0 Å². The van der Waals surface area contributed by atoms with E-state index < -0.39 is 0 Å². The van der Waals surface area contributed by atoms with Crippen molar-refractivity contribution >= 4 is 22.7 Å². The zero-order valence-corrected chi connectivity index (χ0v) is 9.01. The number of nitrogen functional groups attached to an aromatic ring is 2. The maximum Gasteiger partial charge on any atom is 0.221 e. The first-order valence-electron chi connectivity index (χ1n) is 5.20. The Morgan fingerprint density at radius 2 is 1.94 bits per heavy atom. The summed E-state index contributed by atoms with van der Waals surface area (Å²) in [6.07, 6.45) is 3.54. The van der Waals surface area contributed by atoms with Gasteiger partial charge in [0.25, 0.3) is 0 Å². The molecule has 0 aliphatic carbocycles. The number of nitrogens with two attached hydrogens (primary N) is 2. The van der Waals surface area contributed by atoms with Gasteiger partial charge in [-0.2, -0.15) is 4.98 Å². The predicted molar refractivity (Wildman–Crippen MR) is 68.1 cm³/mol. The lowest BCUT2D eigenvalue weighted by Gasteiger charge is -2.06. The first-order valence-corrected chi connectivity index (χ1v) is 5.20. The van der Waals surface area contributed by atoms with E-state index in [1.807, 2.05) is 30.5 Å². The summed E-state index contributed by atoms with van der Waals surface area (Å²) in [4.78, 5) is 11.1. The van der Waals surface area contributed by atoms with E-state index in [1.165, 1.54) is 0 Å². The molecule has 0 fully saturated rings. The molecule has 0 unspecified atom stereocenters. The van der Waals surface area contributed by atoms with Crippen molar-refractivity contribution in [1.82, 2.24) is 15.0 Å². The van der Waals surface area contributed by atoms with Gasteiger partial charge in [0.2, 0.25) is 5.95 Å². The molecule has 84 valence electrons. The molecule has 0 radical (unpaired) electrons. The van der Waals surface area contributed by atoms with E-state index in [2.05, 4.69) is 15.0 Å². The van der Waals surface area contributed by atoms with Crippen molar-refractivity contribution in [1.29, 1.82) is 0 Å². The van der Waals surface area contributed by atoms with Gasteiger partial charge in [0.15, 0.2) is 0 Å². The second-order valence-corrected chi connectivity index (χ2v) is 3.77. The SMILES string of the molecule is Nc1ncc(-c2cccc3[nH]ccc23)c(N)n1. The number of nitrogens with one attached hydrogen (secondary N) is 1. The molecule has 0 saturated carbocycles. The van der Waals surface area contributed by atoms with Crippen LogP contribution in [0.1, 0.15) is 0 Å². The maximum atomic E-state index is 5.87. The highest BCUT2D eigenvalue weighted by Crippen LogP contribution is 2.30. The Kier molecular flexibility index (Phi) is 1.98.